The first kappa shape index (κ1) is 17.5. The predicted molar refractivity (Wildman–Crippen MR) is 107 cm³/mol. The highest BCUT2D eigenvalue weighted by molar-refractivity contribution is 7.13. The van der Waals surface area contributed by atoms with E-state index in [-0.39, 0.29) is 11.7 Å². The lowest BCUT2D eigenvalue weighted by Gasteiger charge is -2.04. The Bertz CT molecular complexity index is 1150. The van der Waals surface area contributed by atoms with E-state index in [1.54, 1.807) is 53.4 Å². The number of pyridine rings is 1. The number of nitrogens with zero attached hydrogens (tertiary/aromatic N) is 2. The molecule has 7 heteroatoms. The second-order valence-electron chi connectivity index (χ2n) is 5.93. The number of fused-ring (bicyclic) bond motifs is 1. The molecule has 4 aromatic rings. The first-order valence-corrected chi connectivity index (χ1v) is 9.43. The summed E-state index contributed by atoms with van der Waals surface area (Å²) < 4.78 is 1.75. The van der Waals surface area contributed by atoms with Crippen molar-refractivity contribution in [2.75, 3.05) is 5.32 Å². The summed E-state index contributed by atoms with van der Waals surface area (Å²) in [6.45, 7) is 1.78. The zero-order chi connectivity index (χ0) is 19.0. The third kappa shape index (κ3) is 3.13. The number of benzene rings is 1. The van der Waals surface area contributed by atoms with Crippen LogP contribution in [-0.4, -0.2) is 21.1 Å². The van der Waals surface area contributed by atoms with Gasteiger partial charge in [0, 0.05) is 28.4 Å². The van der Waals surface area contributed by atoms with E-state index in [0.717, 1.165) is 0 Å². The number of rotatable bonds is 4. The second-order valence-corrected chi connectivity index (χ2v) is 7.26. The Morgan fingerprint density at radius 2 is 1.93 bits per heavy atom. The fraction of sp³-hybridized carbons (Fsp3) is 0.0500. The molecule has 0 bridgehead atoms. The van der Waals surface area contributed by atoms with Crippen LogP contribution in [0.1, 0.15) is 32.0 Å². The van der Waals surface area contributed by atoms with Crippen LogP contribution in [-0.2, 0) is 0 Å². The van der Waals surface area contributed by atoms with Crippen LogP contribution in [0.5, 0.6) is 0 Å². The molecule has 3 aromatic heterocycles. The molecule has 0 unspecified atom stereocenters. The summed E-state index contributed by atoms with van der Waals surface area (Å²) >= 11 is 7.27. The van der Waals surface area contributed by atoms with Gasteiger partial charge in [0.25, 0.3) is 5.91 Å². The minimum absolute atomic E-state index is 0.168. The van der Waals surface area contributed by atoms with Crippen molar-refractivity contribution in [3.05, 3.63) is 87.6 Å². The van der Waals surface area contributed by atoms with Gasteiger partial charge in [0.05, 0.1) is 16.8 Å². The van der Waals surface area contributed by atoms with E-state index in [2.05, 4.69) is 10.3 Å². The van der Waals surface area contributed by atoms with E-state index >= 15 is 0 Å². The standard InChI is InChI=1S/C20H14ClN3O2S/c1-12-16(19(26)23-20-22-9-11-27-20)15-4-2-3-10-24(15)17(12)18(25)13-5-7-14(21)8-6-13/h2-11H,1H3,(H,22,23,26). The van der Waals surface area contributed by atoms with Gasteiger partial charge in [-0.1, -0.05) is 17.7 Å². The summed E-state index contributed by atoms with van der Waals surface area (Å²) in [4.78, 5) is 30.1. The Labute approximate surface area is 164 Å². The lowest BCUT2D eigenvalue weighted by molar-refractivity contribution is 0.102. The van der Waals surface area contributed by atoms with Crippen LogP contribution in [0.4, 0.5) is 5.13 Å². The number of carbonyl (C=O) groups excluding carboxylic acids is 2. The Morgan fingerprint density at radius 3 is 2.63 bits per heavy atom. The zero-order valence-electron chi connectivity index (χ0n) is 14.3. The average Bonchev–Trinajstić information content (AvgIpc) is 3.26. The number of aromatic nitrogens is 2. The minimum atomic E-state index is -0.290. The van der Waals surface area contributed by atoms with Crippen molar-refractivity contribution in [1.82, 2.24) is 9.38 Å². The van der Waals surface area contributed by atoms with Crippen molar-refractivity contribution in [3.8, 4) is 0 Å². The van der Waals surface area contributed by atoms with Crippen LogP contribution in [0, 0.1) is 6.92 Å². The summed E-state index contributed by atoms with van der Waals surface area (Å²) in [7, 11) is 0. The molecule has 0 aliphatic carbocycles. The van der Waals surface area contributed by atoms with Gasteiger partial charge in [-0.05, 0) is 48.9 Å². The molecule has 0 aliphatic heterocycles. The molecule has 0 radical (unpaired) electrons. The lowest BCUT2D eigenvalue weighted by atomic mass is 10.0. The molecule has 0 saturated heterocycles. The van der Waals surface area contributed by atoms with Crippen LogP contribution in [0.2, 0.25) is 5.02 Å². The SMILES string of the molecule is Cc1c(C(=O)Nc2nccs2)c2ccccn2c1C(=O)c1ccc(Cl)cc1. The Morgan fingerprint density at radius 1 is 1.15 bits per heavy atom. The highest BCUT2D eigenvalue weighted by atomic mass is 35.5. The van der Waals surface area contributed by atoms with Crippen molar-refractivity contribution in [1.29, 1.82) is 0 Å². The molecule has 0 aliphatic rings. The summed E-state index contributed by atoms with van der Waals surface area (Å²) in [5, 5.41) is 5.66. The van der Waals surface area contributed by atoms with Gasteiger partial charge in [-0.25, -0.2) is 4.98 Å². The number of halogens is 1. The van der Waals surface area contributed by atoms with Crippen molar-refractivity contribution in [2.24, 2.45) is 0 Å². The van der Waals surface area contributed by atoms with Crippen LogP contribution >= 0.6 is 22.9 Å². The summed E-state index contributed by atoms with van der Waals surface area (Å²) in [5.41, 5.74) is 2.72. The van der Waals surface area contributed by atoms with E-state index in [4.69, 9.17) is 11.6 Å². The van der Waals surface area contributed by atoms with Crippen molar-refractivity contribution in [2.45, 2.75) is 6.92 Å². The molecular weight excluding hydrogens is 382 g/mol. The maximum atomic E-state index is 13.1. The van der Waals surface area contributed by atoms with Gasteiger partial charge < -0.3 is 4.40 Å². The van der Waals surface area contributed by atoms with Crippen LogP contribution < -0.4 is 5.32 Å². The van der Waals surface area contributed by atoms with E-state index in [9.17, 15) is 9.59 Å². The zero-order valence-corrected chi connectivity index (χ0v) is 15.8. The molecule has 5 nitrogen and oxygen atoms in total. The minimum Gasteiger partial charge on any atom is -0.313 e. The van der Waals surface area contributed by atoms with Crippen molar-refractivity contribution in [3.63, 3.8) is 0 Å². The molecule has 3 heterocycles. The maximum absolute atomic E-state index is 13.1. The lowest BCUT2D eigenvalue weighted by Crippen LogP contribution is -2.13. The first-order chi connectivity index (χ1) is 13.1. The molecule has 1 N–H and O–H groups in total. The van der Waals surface area contributed by atoms with Gasteiger partial charge in [-0.2, -0.15) is 0 Å². The third-order valence-corrected chi connectivity index (χ3v) is 5.23. The Hall–Kier alpha value is -2.96. The largest absolute Gasteiger partial charge is 0.313 e. The number of hydrogen-bond acceptors (Lipinski definition) is 4. The second kappa shape index (κ2) is 6.98. The van der Waals surface area contributed by atoms with E-state index in [0.29, 0.717) is 38.1 Å². The molecule has 1 amide bonds. The van der Waals surface area contributed by atoms with E-state index in [1.807, 2.05) is 18.2 Å². The van der Waals surface area contributed by atoms with Crippen LogP contribution in [0.3, 0.4) is 0 Å². The van der Waals surface area contributed by atoms with E-state index < -0.39 is 0 Å². The monoisotopic (exact) mass is 395 g/mol. The number of thiazole rings is 1. The number of carbonyl (C=O) groups is 2. The Balaban J connectivity index is 1.84. The quantitative estimate of drug-likeness (QED) is 0.503. The average molecular weight is 396 g/mol. The molecule has 4 rings (SSSR count). The number of hydrogen-bond donors (Lipinski definition) is 1. The molecular formula is C20H14ClN3O2S. The summed E-state index contributed by atoms with van der Waals surface area (Å²) in [6.07, 6.45) is 3.41. The van der Waals surface area contributed by atoms with Crippen LogP contribution in [0.25, 0.3) is 5.52 Å². The molecule has 1 aromatic carbocycles. The molecule has 134 valence electrons. The van der Waals surface area contributed by atoms with Gasteiger partial charge in [0.2, 0.25) is 5.78 Å². The summed E-state index contributed by atoms with van der Waals surface area (Å²) in [5.74, 6) is -0.458. The van der Waals surface area contributed by atoms with Gasteiger partial charge >= 0.3 is 0 Å². The summed E-state index contributed by atoms with van der Waals surface area (Å²) in [6, 6.07) is 12.2. The van der Waals surface area contributed by atoms with Gasteiger partial charge in [0.1, 0.15) is 0 Å². The maximum Gasteiger partial charge on any atom is 0.259 e. The normalized spacial score (nSPS) is 10.9. The van der Waals surface area contributed by atoms with Crippen molar-refractivity contribution < 1.29 is 9.59 Å². The number of ketones is 1. The van der Waals surface area contributed by atoms with E-state index in [1.165, 1.54) is 11.3 Å². The van der Waals surface area contributed by atoms with Crippen LogP contribution in [0.15, 0.2) is 60.2 Å². The highest BCUT2D eigenvalue weighted by Gasteiger charge is 2.25. The first-order valence-electron chi connectivity index (χ1n) is 8.17. The highest BCUT2D eigenvalue weighted by Crippen LogP contribution is 2.27. The number of nitrogens with one attached hydrogen (secondary N) is 1. The topological polar surface area (TPSA) is 63.5 Å². The molecule has 0 spiro atoms. The smallest absolute Gasteiger partial charge is 0.259 e. The van der Waals surface area contributed by atoms with Gasteiger partial charge in [-0.15, -0.1) is 11.3 Å². The van der Waals surface area contributed by atoms with Crippen molar-refractivity contribution >= 4 is 45.3 Å². The Kier molecular flexibility index (Phi) is 4.51. The molecule has 0 saturated carbocycles. The van der Waals surface area contributed by atoms with Gasteiger partial charge in [-0.3, -0.25) is 14.9 Å². The van der Waals surface area contributed by atoms with Gasteiger partial charge in [0.15, 0.2) is 5.13 Å². The number of amides is 1. The molecule has 0 atom stereocenters. The predicted octanol–water partition coefficient (Wildman–Crippen LogP) is 4.84. The fourth-order valence-corrected chi connectivity index (χ4v) is 3.73. The number of anilines is 1. The fourth-order valence-electron chi connectivity index (χ4n) is 3.08. The molecule has 0 fully saturated rings. The third-order valence-electron chi connectivity index (χ3n) is 4.29. The molecule has 27 heavy (non-hydrogen) atoms.